The third-order valence-electron chi connectivity index (χ3n) is 1.70. The number of rotatable bonds is 1. The highest BCUT2D eigenvalue weighted by Crippen LogP contribution is 2.03. The predicted molar refractivity (Wildman–Crippen MR) is 48.6 cm³/mol. The van der Waals surface area contributed by atoms with Gasteiger partial charge in [-0.1, -0.05) is 6.07 Å². The molecule has 2 heterocycles. The molecule has 0 aliphatic carbocycles. The molecule has 0 aliphatic rings. The lowest BCUT2D eigenvalue weighted by atomic mass is 10.4. The van der Waals surface area contributed by atoms with Gasteiger partial charge in [0.2, 0.25) is 0 Å². The highest BCUT2D eigenvalue weighted by atomic mass is 15.4. The molecule has 0 aromatic carbocycles. The Labute approximate surface area is 80.7 Å². The van der Waals surface area contributed by atoms with E-state index in [4.69, 9.17) is 5.26 Å². The molecule has 5 nitrogen and oxygen atoms in total. The van der Waals surface area contributed by atoms with Crippen LogP contribution in [-0.2, 0) is 0 Å². The molecule has 5 heteroatoms. The van der Waals surface area contributed by atoms with Gasteiger partial charge in [-0.05, 0) is 19.1 Å². The lowest BCUT2D eigenvalue weighted by Gasteiger charge is -1.98. The molecule has 0 fully saturated rings. The Bertz CT molecular complexity index is 494. The first-order valence-electron chi connectivity index (χ1n) is 4.05. The van der Waals surface area contributed by atoms with Gasteiger partial charge in [-0.3, -0.25) is 0 Å². The summed E-state index contributed by atoms with van der Waals surface area (Å²) in [5, 5.41) is 12.5. The van der Waals surface area contributed by atoms with Gasteiger partial charge >= 0.3 is 0 Å². The van der Waals surface area contributed by atoms with E-state index >= 15 is 0 Å². The summed E-state index contributed by atoms with van der Waals surface area (Å²) < 4.78 is 1.48. The van der Waals surface area contributed by atoms with Crippen molar-refractivity contribution in [2.75, 3.05) is 0 Å². The molecule has 0 spiro atoms. The van der Waals surface area contributed by atoms with Gasteiger partial charge in [0.05, 0.1) is 0 Å². The van der Waals surface area contributed by atoms with Crippen LogP contribution in [0.15, 0.2) is 24.5 Å². The Balaban J connectivity index is 2.45. The number of hydrogen-bond donors (Lipinski definition) is 0. The van der Waals surface area contributed by atoms with Gasteiger partial charge in [0, 0.05) is 5.69 Å². The molecule has 2 aromatic heterocycles. The minimum Gasteiger partial charge on any atom is -0.234 e. The van der Waals surface area contributed by atoms with E-state index in [9.17, 15) is 0 Å². The quantitative estimate of drug-likeness (QED) is 0.660. The average molecular weight is 185 g/mol. The molecule has 2 rings (SSSR count). The van der Waals surface area contributed by atoms with Crippen molar-refractivity contribution < 1.29 is 0 Å². The fraction of sp³-hybridized carbons (Fsp3) is 0.111. The Kier molecular flexibility index (Phi) is 1.95. The van der Waals surface area contributed by atoms with Gasteiger partial charge in [-0.25, -0.2) is 14.6 Å². The first kappa shape index (κ1) is 8.38. The van der Waals surface area contributed by atoms with Crippen LogP contribution in [0.3, 0.4) is 0 Å². The van der Waals surface area contributed by atoms with Crippen LogP contribution >= 0.6 is 0 Å². The largest absolute Gasteiger partial charge is 0.252 e. The van der Waals surface area contributed by atoms with Crippen molar-refractivity contribution in [3.63, 3.8) is 0 Å². The maximum absolute atomic E-state index is 8.54. The number of aromatic nitrogens is 4. The molecule has 0 saturated carbocycles. The lowest BCUT2D eigenvalue weighted by Crippen LogP contribution is -1.98. The fourth-order valence-electron chi connectivity index (χ4n) is 1.08. The van der Waals surface area contributed by atoms with Gasteiger partial charge in [-0.15, -0.1) is 5.10 Å². The molecule has 0 unspecified atom stereocenters. The van der Waals surface area contributed by atoms with Crippen molar-refractivity contribution in [2.45, 2.75) is 6.92 Å². The van der Waals surface area contributed by atoms with Gasteiger partial charge in [0.1, 0.15) is 12.4 Å². The third kappa shape index (κ3) is 1.45. The second-order valence-electron chi connectivity index (χ2n) is 2.76. The second kappa shape index (κ2) is 3.26. The van der Waals surface area contributed by atoms with Crippen molar-refractivity contribution >= 4 is 0 Å². The van der Waals surface area contributed by atoms with Crippen molar-refractivity contribution in [2.24, 2.45) is 0 Å². The molecule has 0 saturated heterocycles. The van der Waals surface area contributed by atoms with E-state index in [-0.39, 0.29) is 5.82 Å². The zero-order chi connectivity index (χ0) is 9.97. The summed E-state index contributed by atoms with van der Waals surface area (Å²) in [5.74, 6) is 0.812. The molecule has 14 heavy (non-hydrogen) atoms. The van der Waals surface area contributed by atoms with E-state index in [0.29, 0.717) is 5.82 Å². The van der Waals surface area contributed by atoms with Crippen LogP contribution in [-0.4, -0.2) is 19.7 Å². The van der Waals surface area contributed by atoms with E-state index in [1.165, 1.54) is 11.0 Å². The van der Waals surface area contributed by atoms with E-state index in [1.54, 1.807) is 0 Å². The summed E-state index contributed by atoms with van der Waals surface area (Å²) in [6.07, 6.45) is 1.47. The SMILES string of the molecule is Cc1cccc(-n2cnc(C#N)n2)n1. The summed E-state index contributed by atoms with van der Waals surface area (Å²) in [5.41, 5.74) is 0.900. The van der Waals surface area contributed by atoms with Gasteiger partial charge in [-0.2, -0.15) is 5.26 Å². The number of aryl methyl sites for hydroxylation is 1. The average Bonchev–Trinajstić information content (AvgIpc) is 2.66. The third-order valence-corrected chi connectivity index (χ3v) is 1.70. The summed E-state index contributed by atoms with van der Waals surface area (Å²) >= 11 is 0. The first-order chi connectivity index (χ1) is 6.79. The highest BCUT2D eigenvalue weighted by Gasteiger charge is 2.01. The van der Waals surface area contributed by atoms with Crippen LogP contribution in [0.1, 0.15) is 11.5 Å². The van der Waals surface area contributed by atoms with Crippen LogP contribution in [0, 0.1) is 18.3 Å². The Morgan fingerprint density at radius 2 is 2.29 bits per heavy atom. The monoisotopic (exact) mass is 185 g/mol. The maximum Gasteiger partial charge on any atom is 0.252 e. The molecule has 0 radical (unpaired) electrons. The van der Waals surface area contributed by atoms with Crippen LogP contribution in [0.4, 0.5) is 0 Å². The number of nitriles is 1. The topological polar surface area (TPSA) is 67.4 Å². The van der Waals surface area contributed by atoms with E-state index in [1.807, 2.05) is 31.2 Å². The normalized spacial score (nSPS) is 9.71. The molecule has 0 atom stereocenters. The van der Waals surface area contributed by atoms with Crippen molar-refractivity contribution in [3.05, 3.63) is 36.0 Å². The molecule has 68 valence electrons. The van der Waals surface area contributed by atoms with Crippen molar-refractivity contribution in [1.82, 2.24) is 19.7 Å². The maximum atomic E-state index is 8.54. The minimum atomic E-state index is 0.147. The number of nitrogens with zero attached hydrogens (tertiary/aromatic N) is 5. The van der Waals surface area contributed by atoms with Crippen LogP contribution in [0.2, 0.25) is 0 Å². The number of pyridine rings is 1. The molecular weight excluding hydrogens is 178 g/mol. The summed E-state index contributed by atoms with van der Waals surface area (Å²) in [4.78, 5) is 8.03. The van der Waals surface area contributed by atoms with Crippen molar-refractivity contribution in [3.8, 4) is 11.9 Å². The van der Waals surface area contributed by atoms with Gasteiger partial charge < -0.3 is 0 Å². The smallest absolute Gasteiger partial charge is 0.234 e. The summed E-state index contributed by atoms with van der Waals surface area (Å²) in [7, 11) is 0. The van der Waals surface area contributed by atoms with E-state index in [0.717, 1.165) is 5.69 Å². The zero-order valence-electron chi connectivity index (χ0n) is 7.55. The van der Waals surface area contributed by atoms with Gasteiger partial charge in [0.25, 0.3) is 5.82 Å². The highest BCUT2D eigenvalue weighted by molar-refractivity contribution is 5.23. The summed E-state index contributed by atoms with van der Waals surface area (Å²) in [6.45, 7) is 1.89. The van der Waals surface area contributed by atoms with E-state index in [2.05, 4.69) is 15.1 Å². The zero-order valence-corrected chi connectivity index (χ0v) is 7.55. The Morgan fingerprint density at radius 3 is 2.93 bits per heavy atom. The van der Waals surface area contributed by atoms with Gasteiger partial charge in [0.15, 0.2) is 5.82 Å². The first-order valence-corrected chi connectivity index (χ1v) is 4.05. The van der Waals surface area contributed by atoms with E-state index < -0.39 is 0 Å². The number of hydrogen-bond acceptors (Lipinski definition) is 4. The van der Waals surface area contributed by atoms with Crippen molar-refractivity contribution in [1.29, 1.82) is 5.26 Å². The molecule has 0 aliphatic heterocycles. The summed E-state index contributed by atoms with van der Waals surface area (Å²) in [6, 6.07) is 7.44. The molecular formula is C9H7N5. The lowest BCUT2D eigenvalue weighted by molar-refractivity contribution is 0.834. The standard InChI is InChI=1S/C9H7N5/c1-7-3-2-4-9(12-7)14-6-11-8(5-10)13-14/h2-4,6H,1H3. The fourth-order valence-corrected chi connectivity index (χ4v) is 1.08. The van der Waals surface area contributed by atoms with Crippen LogP contribution in [0.25, 0.3) is 5.82 Å². The molecule has 0 N–H and O–H groups in total. The Hall–Kier alpha value is -2.22. The molecule has 2 aromatic rings. The molecule has 0 amide bonds. The minimum absolute atomic E-state index is 0.147. The second-order valence-corrected chi connectivity index (χ2v) is 2.76. The predicted octanol–water partition coefficient (Wildman–Crippen LogP) is 0.842. The van der Waals surface area contributed by atoms with Crippen LogP contribution in [0.5, 0.6) is 0 Å². The Morgan fingerprint density at radius 1 is 1.43 bits per heavy atom. The molecule has 0 bridgehead atoms. The van der Waals surface area contributed by atoms with Crippen LogP contribution < -0.4 is 0 Å².